The Kier molecular flexibility index (Phi) is 5.27. The van der Waals surface area contributed by atoms with Crippen molar-refractivity contribution >= 4 is 27.5 Å². The van der Waals surface area contributed by atoms with Gasteiger partial charge in [-0.05, 0) is 37.3 Å². The molecule has 2 aromatic carbocycles. The molecule has 0 aliphatic heterocycles. The Morgan fingerprint density at radius 2 is 1.88 bits per heavy atom. The van der Waals surface area contributed by atoms with Crippen molar-refractivity contribution in [3.63, 3.8) is 0 Å². The maximum atomic E-state index is 12.7. The van der Waals surface area contributed by atoms with Gasteiger partial charge in [-0.1, -0.05) is 11.3 Å². The van der Waals surface area contributed by atoms with Gasteiger partial charge in [0.2, 0.25) is 0 Å². The fourth-order valence-electron chi connectivity index (χ4n) is 2.60. The fourth-order valence-corrected chi connectivity index (χ4v) is 3.64. The van der Waals surface area contributed by atoms with Gasteiger partial charge in [0.05, 0.1) is 36.6 Å². The van der Waals surface area contributed by atoms with Crippen LogP contribution in [0.3, 0.4) is 0 Å². The third kappa shape index (κ3) is 3.43. The molecule has 1 amide bonds. The van der Waals surface area contributed by atoms with Crippen molar-refractivity contribution in [2.45, 2.75) is 6.92 Å². The molecule has 3 rings (SSSR count). The van der Waals surface area contributed by atoms with E-state index in [4.69, 9.17) is 14.2 Å². The lowest BCUT2D eigenvalue weighted by Gasteiger charge is -2.07. The minimum absolute atomic E-state index is 0.364. The van der Waals surface area contributed by atoms with Crippen molar-refractivity contribution in [2.24, 2.45) is 12.0 Å². The number of benzene rings is 2. The molecule has 0 aliphatic carbocycles. The van der Waals surface area contributed by atoms with Crippen LogP contribution in [-0.4, -0.2) is 31.3 Å². The average molecular weight is 372 g/mol. The van der Waals surface area contributed by atoms with Crippen LogP contribution in [0.2, 0.25) is 0 Å². The fraction of sp³-hybridized carbons (Fsp3) is 0.263. The summed E-state index contributed by atoms with van der Waals surface area (Å²) in [5.74, 6) is 1.49. The highest BCUT2D eigenvalue weighted by Crippen LogP contribution is 2.26. The van der Waals surface area contributed by atoms with E-state index in [1.54, 1.807) is 25.3 Å². The third-order valence-corrected chi connectivity index (χ3v) is 5.02. The summed E-state index contributed by atoms with van der Waals surface area (Å²) in [4.78, 5) is 17.6. The van der Waals surface area contributed by atoms with Crippen molar-refractivity contribution in [3.05, 3.63) is 46.8 Å². The Morgan fingerprint density at radius 1 is 1.12 bits per heavy atom. The Hall–Kier alpha value is -2.80. The van der Waals surface area contributed by atoms with E-state index in [2.05, 4.69) is 4.99 Å². The molecule has 1 aromatic heterocycles. The topological polar surface area (TPSA) is 62.1 Å². The van der Waals surface area contributed by atoms with Gasteiger partial charge >= 0.3 is 0 Å². The largest absolute Gasteiger partial charge is 0.497 e. The minimum Gasteiger partial charge on any atom is -0.497 e. The molecule has 7 heteroatoms. The number of methoxy groups -OCH3 is 2. The summed E-state index contributed by atoms with van der Waals surface area (Å²) in [7, 11) is 4.96. The Balaban J connectivity index is 2.04. The number of aromatic nitrogens is 1. The van der Waals surface area contributed by atoms with Crippen molar-refractivity contribution in [1.29, 1.82) is 0 Å². The van der Waals surface area contributed by atoms with Crippen LogP contribution in [-0.2, 0) is 7.05 Å². The Labute approximate surface area is 155 Å². The van der Waals surface area contributed by atoms with Crippen LogP contribution in [0.1, 0.15) is 17.3 Å². The zero-order valence-corrected chi connectivity index (χ0v) is 15.9. The molecule has 26 heavy (non-hydrogen) atoms. The molecule has 6 nitrogen and oxygen atoms in total. The smallest absolute Gasteiger partial charge is 0.283 e. The molecular weight excluding hydrogens is 352 g/mol. The summed E-state index contributed by atoms with van der Waals surface area (Å²) in [5.41, 5.74) is 1.38. The van der Waals surface area contributed by atoms with Gasteiger partial charge in [0.15, 0.2) is 4.80 Å². The number of aryl methyl sites for hydroxylation is 1. The number of fused-ring (bicyclic) bond motifs is 1. The molecule has 0 aliphatic rings. The molecule has 1 heterocycles. The maximum Gasteiger partial charge on any atom is 0.283 e. The molecule has 0 saturated heterocycles. The first-order chi connectivity index (χ1) is 12.6. The number of thiazole rings is 1. The van der Waals surface area contributed by atoms with Crippen molar-refractivity contribution in [2.75, 3.05) is 20.8 Å². The molecule has 0 fully saturated rings. The second kappa shape index (κ2) is 7.61. The Morgan fingerprint density at radius 3 is 2.58 bits per heavy atom. The second-order valence-electron chi connectivity index (χ2n) is 5.49. The van der Waals surface area contributed by atoms with E-state index in [1.807, 2.05) is 36.7 Å². The summed E-state index contributed by atoms with van der Waals surface area (Å²) in [6, 6.07) is 10.9. The SMILES string of the molecule is CCOc1ccc2c(c1)sc(=NC(=O)c1ccc(OC)cc1OC)n2C. The highest BCUT2D eigenvalue weighted by molar-refractivity contribution is 7.16. The molecule has 0 N–H and O–H groups in total. The summed E-state index contributed by atoms with van der Waals surface area (Å²) < 4.78 is 18.9. The number of nitrogens with zero attached hydrogens (tertiary/aromatic N) is 2. The first-order valence-electron chi connectivity index (χ1n) is 8.10. The number of amides is 1. The third-order valence-electron chi connectivity index (χ3n) is 3.93. The molecule has 136 valence electrons. The zero-order chi connectivity index (χ0) is 18.7. The lowest BCUT2D eigenvalue weighted by atomic mass is 10.2. The lowest BCUT2D eigenvalue weighted by Crippen LogP contribution is -2.13. The van der Waals surface area contributed by atoms with E-state index in [1.165, 1.54) is 18.4 Å². The van der Waals surface area contributed by atoms with Crippen LogP contribution in [0, 0.1) is 0 Å². The van der Waals surface area contributed by atoms with Crippen molar-refractivity contribution < 1.29 is 19.0 Å². The predicted octanol–water partition coefficient (Wildman–Crippen LogP) is 3.40. The van der Waals surface area contributed by atoms with E-state index in [0.717, 1.165) is 16.0 Å². The number of hydrogen-bond acceptors (Lipinski definition) is 5. The molecule has 0 atom stereocenters. The minimum atomic E-state index is -0.364. The van der Waals surface area contributed by atoms with Gasteiger partial charge < -0.3 is 18.8 Å². The molecule has 0 spiro atoms. The molecule has 0 bridgehead atoms. The van der Waals surface area contributed by atoms with Gasteiger partial charge in [-0.15, -0.1) is 0 Å². The van der Waals surface area contributed by atoms with E-state index in [0.29, 0.717) is 28.5 Å². The van der Waals surface area contributed by atoms with Crippen LogP contribution in [0.5, 0.6) is 17.2 Å². The van der Waals surface area contributed by atoms with E-state index < -0.39 is 0 Å². The summed E-state index contributed by atoms with van der Waals surface area (Å²) in [6.45, 7) is 2.55. The van der Waals surface area contributed by atoms with Gasteiger partial charge in [0.1, 0.15) is 17.2 Å². The number of rotatable bonds is 5. The van der Waals surface area contributed by atoms with Crippen molar-refractivity contribution in [1.82, 2.24) is 4.57 Å². The quantitative estimate of drug-likeness (QED) is 0.689. The van der Waals surface area contributed by atoms with Gasteiger partial charge in [-0.25, -0.2) is 0 Å². The van der Waals surface area contributed by atoms with Gasteiger partial charge in [-0.3, -0.25) is 4.79 Å². The highest BCUT2D eigenvalue weighted by Gasteiger charge is 2.14. The average Bonchev–Trinajstić information content (AvgIpc) is 2.96. The van der Waals surface area contributed by atoms with Crippen LogP contribution in [0.15, 0.2) is 41.4 Å². The molecular formula is C19H20N2O4S. The van der Waals surface area contributed by atoms with Crippen molar-refractivity contribution in [3.8, 4) is 17.2 Å². The summed E-state index contributed by atoms with van der Waals surface area (Å²) in [5, 5.41) is 0. The number of ether oxygens (including phenoxy) is 3. The molecule has 0 unspecified atom stereocenters. The summed E-state index contributed by atoms with van der Waals surface area (Å²) >= 11 is 1.44. The van der Waals surface area contributed by atoms with Gasteiger partial charge in [-0.2, -0.15) is 4.99 Å². The van der Waals surface area contributed by atoms with Gasteiger partial charge in [0, 0.05) is 13.1 Å². The van der Waals surface area contributed by atoms with E-state index in [9.17, 15) is 4.79 Å². The number of carbonyl (C=O) groups is 1. The molecule has 0 saturated carbocycles. The molecule has 0 radical (unpaired) electrons. The van der Waals surface area contributed by atoms with E-state index >= 15 is 0 Å². The zero-order valence-electron chi connectivity index (χ0n) is 15.1. The second-order valence-corrected chi connectivity index (χ2v) is 6.50. The predicted molar refractivity (Wildman–Crippen MR) is 101 cm³/mol. The molecule has 3 aromatic rings. The number of hydrogen-bond donors (Lipinski definition) is 0. The standard InChI is InChI=1S/C19H20N2O4S/c1-5-25-13-7-9-15-17(11-13)26-19(21(15)2)20-18(22)14-8-6-12(23-3)10-16(14)24-4/h6-11H,5H2,1-4H3. The number of carbonyl (C=O) groups excluding carboxylic acids is 1. The van der Waals surface area contributed by atoms with E-state index in [-0.39, 0.29) is 5.91 Å². The Bertz CT molecular complexity index is 1020. The van der Waals surface area contributed by atoms with Crippen LogP contribution >= 0.6 is 11.3 Å². The van der Waals surface area contributed by atoms with Gasteiger partial charge in [0.25, 0.3) is 5.91 Å². The monoisotopic (exact) mass is 372 g/mol. The van der Waals surface area contributed by atoms with Crippen LogP contribution < -0.4 is 19.0 Å². The van der Waals surface area contributed by atoms with Crippen LogP contribution in [0.25, 0.3) is 10.2 Å². The maximum absolute atomic E-state index is 12.7. The first-order valence-corrected chi connectivity index (χ1v) is 8.92. The lowest BCUT2D eigenvalue weighted by molar-refractivity contribution is 0.0995. The summed E-state index contributed by atoms with van der Waals surface area (Å²) in [6.07, 6.45) is 0. The van der Waals surface area contributed by atoms with Crippen LogP contribution in [0.4, 0.5) is 0 Å². The highest BCUT2D eigenvalue weighted by atomic mass is 32.1. The normalized spacial score (nSPS) is 11.6. The first kappa shape index (κ1) is 18.0.